The number of thiazole rings is 1. The van der Waals surface area contributed by atoms with E-state index in [-0.39, 0.29) is 0 Å². The van der Waals surface area contributed by atoms with Crippen molar-refractivity contribution in [1.29, 1.82) is 0 Å². The lowest BCUT2D eigenvalue weighted by Crippen LogP contribution is -2.20. The van der Waals surface area contributed by atoms with E-state index in [1.807, 2.05) is 24.3 Å². The molecule has 1 aromatic heterocycles. The lowest BCUT2D eigenvalue weighted by molar-refractivity contribution is 0.114. The maximum atomic E-state index is 5.94. The maximum absolute atomic E-state index is 5.94. The quantitative estimate of drug-likeness (QED) is 0.468. The summed E-state index contributed by atoms with van der Waals surface area (Å²) in [7, 11) is 0. The van der Waals surface area contributed by atoms with Crippen LogP contribution in [-0.4, -0.2) is 24.7 Å². The minimum atomic E-state index is 0.609. The summed E-state index contributed by atoms with van der Waals surface area (Å²) in [6, 6.07) is 7.83. The first-order valence-corrected chi connectivity index (χ1v) is 11.6. The van der Waals surface area contributed by atoms with Gasteiger partial charge in [-0.3, -0.25) is 0 Å². The van der Waals surface area contributed by atoms with E-state index in [1.165, 1.54) is 58.0 Å². The van der Waals surface area contributed by atoms with E-state index >= 15 is 0 Å². The second-order valence-electron chi connectivity index (χ2n) is 7.47. The van der Waals surface area contributed by atoms with E-state index in [9.17, 15) is 0 Å². The van der Waals surface area contributed by atoms with Crippen molar-refractivity contribution in [2.24, 2.45) is 5.92 Å². The number of rotatable bonds is 10. The molecule has 1 aliphatic heterocycles. The van der Waals surface area contributed by atoms with Gasteiger partial charge in [0.05, 0.1) is 12.3 Å². The van der Waals surface area contributed by atoms with Crippen LogP contribution >= 0.6 is 22.9 Å². The number of hydrogen-bond acceptors (Lipinski definition) is 4. The highest BCUT2D eigenvalue weighted by molar-refractivity contribution is 7.13. The van der Waals surface area contributed by atoms with E-state index in [0.29, 0.717) is 6.61 Å². The van der Waals surface area contributed by atoms with Crippen molar-refractivity contribution < 1.29 is 4.74 Å². The molecule has 1 aliphatic rings. The number of halogens is 1. The van der Waals surface area contributed by atoms with Gasteiger partial charge in [-0.1, -0.05) is 49.4 Å². The molecule has 1 atom stereocenters. The van der Waals surface area contributed by atoms with Crippen molar-refractivity contribution in [3.05, 3.63) is 40.4 Å². The first-order valence-electron chi connectivity index (χ1n) is 10.3. The van der Waals surface area contributed by atoms with Gasteiger partial charge in [-0.25, -0.2) is 4.98 Å². The molecule has 1 unspecified atom stereocenters. The lowest BCUT2D eigenvalue weighted by atomic mass is 9.96. The first-order chi connectivity index (χ1) is 13.3. The summed E-state index contributed by atoms with van der Waals surface area (Å²) >= 11 is 7.60. The van der Waals surface area contributed by atoms with Crippen LogP contribution in [0.5, 0.6) is 0 Å². The summed E-state index contributed by atoms with van der Waals surface area (Å²) in [5.41, 5.74) is 2.13. The van der Waals surface area contributed by atoms with Gasteiger partial charge >= 0.3 is 0 Å². The van der Waals surface area contributed by atoms with Crippen molar-refractivity contribution in [2.75, 3.05) is 19.7 Å². The molecule has 0 aliphatic carbocycles. The molecule has 0 radical (unpaired) electrons. The van der Waals surface area contributed by atoms with Crippen molar-refractivity contribution in [2.45, 2.75) is 58.0 Å². The van der Waals surface area contributed by atoms with Gasteiger partial charge in [-0.15, -0.1) is 11.3 Å². The van der Waals surface area contributed by atoms with E-state index in [4.69, 9.17) is 16.3 Å². The Kier molecular flexibility index (Phi) is 9.09. The second-order valence-corrected chi connectivity index (χ2v) is 8.77. The van der Waals surface area contributed by atoms with Crippen LogP contribution in [0.25, 0.3) is 10.6 Å². The fourth-order valence-electron chi connectivity index (χ4n) is 3.60. The average Bonchev–Trinajstić information content (AvgIpc) is 3.00. The maximum Gasteiger partial charge on any atom is 0.123 e. The second kappa shape index (κ2) is 11.8. The number of nitrogens with zero attached hydrogens (tertiary/aromatic N) is 1. The van der Waals surface area contributed by atoms with Crippen LogP contribution in [0.3, 0.4) is 0 Å². The smallest absolute Gasteiger partial charge is 0.123 e. The summed E-state index contributed by atoms with van der Waals surface area (Å²) in [4.78, 5) is 4.66. The molecule has 1 fully saturated rings. The molecule has 3 nitrogen and oxygen atoms in total. The van der Waals surface area contributed by atoms with Crippen LogP contribution < -0.4 is 5.32 Å². The fourth-order valence-corrected chi connectivity index (χ4v) is 4.54. The van der Waals surface area contributed by atoms with E-state index in [0.717, 1.165) is 40.2 Å². The average molecular weight is 407 g/mol. The molecule has 3 rings (SSSR count). The number of ether oxygens (including phenoxy) is 1. The Labute approximate surface area is 172 Å². The van der Waals surface area contributed by atoms with Crippen molar-refractivity contribution in [3.63, 3.8) is 0 Å². The monoisotopic (exact) mass is 406 g/mol. The number of nitrogens with one attached hydrogen (secondary N) is 1. The molecule has 0 saturated carbocycles. The van der Waals surface area contributed by atoms with Crippen LogP contribution in [0, 0.1) is 5.92 Å². The predicted molar refractivity (Wildman–Crippen MR) is 116 cm³/mol. The summed E-state index contributed by atoms with van der Waals surface area (Å²) < 4.78 is 5.81. The van der Waals surface area contributed by atoms with Gasteiger partial charge in [0.1, 0.15) is 5.01 Å². The van der Waals surface area contributed by atoms with Crippen LogP contribution in [0.1, 0.15) is 57.1 Å². The molecule has 27 heavy (non-hydrogen) atoms. The molecule has 148 valence electrons. The Hall–Kier alpha value is -0.940. The third-order valence-corrected chi connectivity index (χ3v) is 6.39. The summed E-state index contributed by atoms with van der Waals surface area (Å²) in [5, 5.41) is 7.43. The molecule has 0 spiro atoms. The topological polar surface area (TPSA) is 34.1 Å². The molecule has 1 N–H and O–H groups in total. The van der Waals surface area contributed by atoms with E-state index in [2.05, 4.69) is 15.7 Å². The van der Waals surface area contributed by atoms with E-state index < -0.39 is 0 Å². The Balaban J connectivity index is 1.24. The SMILES string of the molecule is Clc1ccc(-c2nc(COCCCCCCC3CCCCNC3)cs2)cc1. The van der Waals surface area contributed by atoms with Gasteiger partial charge in [0.2, 0.25) is 0 Å². The zero-order valence-corrected chi connectivity index (χ0v) is 17.7. The molecular weight excluding hydrogens is 376 g/mol. The van der Waals surface area contributed by atoms with Crippen LogP contribution in [0.2, 0.25) is 5.02 Å². The van der Waals surface area contributed by atoms with E-state index in [1.54, 1.807) is 11.3 Å². The lowest BCUT2D eigenvalue weighted by Gasteiger charge is -2.13. The third kappa shape index (κ3) is 7.53. The fraction of sp³-hybridized carbons (Fsp3) is 0.591. The standard InChI is InChI=1S/C22H31ClN2OS/c23-20-11-9-19(10-12-20)22-25-21(17-27-22)16-26-14-6-2-1-3-7-18-8-4-5-13-24-15-18/h9-12,17-18,24H,1-8,13-16H2. The highest BCUT2D eigenvalue weighted by atomic mass is 35.5. The van der Waals surface area contributed by atoms with Gasteiger partial charge in [-0.2, -0.15) is 0 Å². The molecule has 5 heteroatoms. The number of unbranched alkanes of at least 4 members (excludes halogenated alkanes) is 3. The molecule has 1 saturated heterocycles. The Morgan fingerprint density at radius 1 is 1.11 bits per heavy atom. The molecule has 2 heterocycles. The zero-order chi connectivity index (χ0) is 18.7. The van der Waals surface area contributed by atoms with Gasteiger partial charge in [0, 0.05) is 22.6 Å². The molecule has 0 amide bonds. The minimum absolute atomic E-state index is 0.609. The van der Waals surface area contributed by atoms with Gasteiger partial charge in [0.15, 0.2) is 0 Å². The Morgan fingerprint density at radius 2 is 1.96 bits per heavy atom. The van der Waals surface area contributed by atoms with Gasteiger partial charge in [-0.05, 0) is 56.8 Å². The molecule has 1 aromatic carbocycles. The molecular formula is C22H31ClN2OS. The summed E-state index contributed by atoms with van der Waals surface area (Å²) in [5.74, 6) is 0.906. The molecule has 2 aromatic rings. The predicted octanol–water partition coefficient (Wildman–Crippen LogP) is 6.32. The molecule has 0 bridgehead atoms. The Bertz CT molecular complexity index is 651. The van der Waals surface area contributed by atoms with Crippen molar-refractivity contribution >= 4 is 22.9 Å². The summed E-state index contributed by atoms with van der Waals surface area (Å²) in [6.07, 6.45) is 10.7. The first kappa shape index (κ1) is 20.8. The normalized spacial score (nSPS) is 17.7. The number of hydrogen-bond donors (Lipinski definition) is 1. The van der Waals surface area contributed by atoms with Crippen LogP contribution in [0.15, 0.2) is 29.6 Å². The van der Waals surface area contributed by atoms with Crippen LogP contribution in [-0.2, 0) is 11.3 Å². The van der Waals surface area contributed by atoms with Crippen molar-refractivity contribution in [3.8, 4) is 10.6 Å². The third-order valence-electron chi connectivity index (χ3n) is 5.19. The van der Waals surface area contributed by atoms with Gasteiger partial charge < -0.3 is 10.1 Å². The minimum Gasteiger partial charge on any atom is -0.375 e. The largest absolute Gasteiger partial charge is 0.375 e. The highest BCUT2D eigenvalue weighted by Crippen LogP contribution is 2.25. The Morgan fingerprint density at radius 3 is 2.85 bits per heavy atom. The summed E-state index contributed by atoms with van der Waals surface area (Å²) in [6.45, 7) is 3.89. The van der Waals surface area contributed by atoms with Crippen LogP contribution in [0.4, 0.5) is 0 Å². The van der Waals surface area contributed by atoms with Gasteiger partial charge in [0.25, 0.3) is 0 Å². The zero-order valence-electron chi connectivity index (χ0n) is 16.1. The number of aromatic nitrogens is 1. The highest BCUT2D eigenvalue weighted by Gasteiger charge is 2.11. The number of benzene rings is 1. The van der Waals surface area contributed by atoms with Crippen molar-refractivity contribution in [1.82, 2.24) is 10.3 Å².